The van der Waals surface area contributed by atoms with Crippen molar-refractivity contribution in [3.63, 3.8) is 0 Å². The van der Waals surface area contributed by atoms with E-state index in [9.17, 15) is 4.79 Å². The predicted molar refractivity (Wildman–Crippen MR) is 71.6 cm³/mol. The van der Waals surface area contributed by atoms with E-state index in [-0.39, 0.29) is 0 Å². The van der Waals surface area contributed by atoms with Gasteiger partial charge < -0.3 is 4.74 Å². The highest BCUT2D eigenvalue weighted by Gasteiger charge is 2.13. The summed E-state index contributed by atoms with van der Waals surface area (Å²) in [5.41, 5.74) is 1.32. The number of benzene rings is 1. The van der Waals surface area contributed by atoms with Gasteiger partial charge in [0.2, 0.25) is 0 Å². The summed E-state index contributed by atoms with van der Waals surface area (Å²) in [4.78, 5) is 14.0. The first-order valence-corrected chi connectivity index (χ1v) is 6.70. The molecule has 1 aromatic rings. The van der Waals surface area contributed by atoms with Gasteiger partial charge in [0.25, 0.3) is 0 Å². The molecule has 0 radical (unpaired) electrons. The number of hydrogen-bond acceptors (Lipinski definition) is 3. The number of ether oxygens (including phenoxy) is 1. The number of morpholine rings is 1. The smallest absolute Gasteiger partial charge is 0.146 e. The first kappa shape index (κ1) is 13.2. The zero-order chi connectivity index (χ0) is 12.6. The zero-order valence-corrected chi connectivity index (χ0v) is 10.8. The normalized spacial score (nSPS) is 16.7. The lowest BCUT2D eigenvalue weighted by atomic mass is 10.1. The van der Waals surface area contributed by atoms with Crippen molar-refractivity contribution in [2.24, 2.45) is 0 Å². The van der Waals surface area contributed by atoms with Crippen LogP contribution in [0.25, 0.3) is 0 Å². The van der Waals surface area contributed by atoms with E-state index in [0.29, 0.717) is 18.7 Å². The molecule has 3 heteroatoms. The van der Waals surface area contributed by atoms with Crippen molar-refractivity contribution in [3.8, 4) is 0 Å². The summed E-state index contributed by atoms with van der Waals surface area (Å²) in [6, 6.07) is 10.3. The lowest BCUT2D eigenvalue weighted by molar-refractivity contribution is -0.121. The van der Waals surface area contributed by atoms with Gasteiger partial charge in [0.15, 0.2) is 0 Å². The lowest BCUT2D eigenvalue weighted by Crippen LogP contribution is -2.39. The van der Waals surface area contributed by atoms with Gasteiger partial charge in [0.05, 0.1) is 19.8 Å². The molecule has 2 rings (SSSR count). The van der Waals surface area contributed by atoms with Gasteiger partial charge in [-0.25, -0.2) is 0 Å². The SMILES string of the molecule is O=C(CCCc1ccccc1)CN1CCOCC1. The van der Waals surface area contributed by atoms with Crippen LogP contribution in [0.1, 0.15) is 18.4 Å². The summed E-state index contributed by atoms with van der Waals surface area (Å²) >= 11 is 0. The Morgan fingerprint density at radius 1 is 1.17 bits per heavy atom. The van der Waals surface area contributed by atoms with Crippen molar-refractivity contribution in [1.29, 1.82) is 0 Å². The minimum absolute atomic E-state index is 0.354. The van der Waals surface area contributed by atoms with Crippen LogP contribution in [-0.2, 0) is 16.0 Å². The number of hydrogen-bond donors (Lipinski definition) is 0. The number of ketones is 1. The molecule has 1 saturated heterocycles. The van der Waals surface area contributed by atoms with Gasteiger partial charge in [-0.15, -0.1) is 0 Å². The fourth-order valence-electron chi connectivity index (χ4n) is 2.22. The molecule has 1 aromatic carbocycles. The van der Waals surface area contributed by atoms with E-state index in [1.807, 2.05) is 18.2 Å². The second-order valence-corrected chi connectivity index (χ2v) is 4.77. The van der Waals surface area contributed by atoms with Crippen molar-refractivity contribution in [2.45, 2.75) is 19.3 Å². The van der Waals surface area contributed by atoms with E-state index < -0.39 is 0 Å². The van der Waals surface area contributed by atoms with E-state index in [1.54, 1.807) is 0 Å². The minimum Gasteiger partial charge on any atom is -0.379 e. The summed E-state index contributed by atoms with van der Waals surface area (Å²) in [5, 5.41) is 0. The maximum Gasteiger partial charge on any atom is 0.146 e. The van der Waals surface area contributed by atoms with Crippen molar-refractivity contribution in [3.05, 3.63) is 35.9 Å². The standard InChI is InChI=1S/C15H21NO2/c17-15(13-16-9-11-18-12-10-16)8-4-7-14-5-2-1-3-6-14/h1-3,5-6H,4,7-13H2. The monoisotopic (exact) mass is 247 g/mol. The zero-order valence-electron chi connectivity index (χ0n) is 10.8. The summed E-state index contributed by atoms with van der Waals surface area (Å²) in [7, 11) is 0. The maximum absolute atomic E-state index is 11.8. The minimum atomic E-state index is 0.354. The van der Waals surface area contributed by atoms with E-state index in [2.05, 4.69) is 17.0 Å². The summed E-state index contributed by atoms with van der Waals surface area (Å²) in [5.74, 6) is 0.354. The van der Waals surface area contributed by atoms with Crippen LogP contribution in [0.4, 0.5) is 0 Å². The first-order chi connectivity index (χ1) is 8.84. The van der Waals surface area contributed by atoms with Crippen LogP contribution in [0.2, 0.25) is 0 Å². The average Bonchev–Trinajstić information content (AvgIpc) is 2.41. The van der Waals surface area contributed by atoms with Gasteiger partial charge in [-0.2, -0.15) is 0 Å². The molecule has 1 aliphatic heterocycles. The molecule has 0 amide bonds. The van der Waals surface area contributed by atoms with Crippen LogP contribution in [-0.4, -0.2) is 43.5 Å². The Morgan fingerprint density at radius 2 is 1.89 bits per heavy atom. The Hall–Kier alpha value is -1.19. The quantitative estimate of drug-likeness (QED) is 0.769. The highest BCUT2D eigenvalue weighted by molar-refractivity contribution is 5.80. The molecule has 0 bridgehead atoms. The van der Waals surface area contributed by atoms with E-state index >= 15 is 0 Å². The molecule has 0 spiro atoms. The van der Waals surface area contributed by atoms with Crippen LogP contribution < -0.4 is 0 Å². The Balaban J connectivity index is 1.62. The Morgan fingerprint density at radius 3 is 2.61 bits per heavy atom. The van der Waals surface area contributed by atoms with Gasteiger partial charge >= 0.3 is 0 Å². The van der Waals surface area contributed by atoms with Crippen LogP contribution in [0.3, 0.4) is 0 Å². The molecule has 0 aliphatic carbocycles. The van der Waals surface area contributed by atoms with Crippen LogP contribution in [0.15, 0.2) is 30.3 Å². The Kier molecular flexibility index (Phi) is 5.36. The van der Waals surface area contributed by atoms with E-state index in [1.165, 1.54) is 5.56 Å². The van der Waals surface area contributed by atoms with Gasteiger partial charge in [0.1, 0.15) is 5.78 Å². The van der Waals surface area contributed by atoms with Crippen molar-refractivity contribution >= 4 is 5.78 Å². The van der Waals surface area contributed by atoms with Gasteiger partial charge in [0, 0.05) is 19.5 Å². The third kappa shape index (κ3) is 4.59. The molecule has 0 aromatic heterocycles. The number of carbonyl (C=O) groups excluding carboxylic acids is 1. The second kappa shape index (κ2) is 7.29. The average molecular weight is 247 g/mol. The van der Waals surface area contributed by atoms with Crippen LogP contribution >= 0.6 is 0 Å². The first-order valence-electron chi connectivity index (χ1n) is 6.70. The fourth-order valence-corrected chi connectivity index (χ4v) is 2.22. The fraction of sp³-hybridized carbons (Fsp3) is 0.533. The van der Waals surface area contributed by atoms with Gasteiger partial charge in [-0.3, -0.25) is 9.69 Å². The molecule has 3 nitrogen and oxygen atoms in total. The Bertz CT molecular complexity index is 358. The summed E-state index contributed by atoms with van der Waals surface area (Å²) in [6.45, 7) is 3.90. The van der Waals surface area contributed by atoms with Gasteiger partial charge in [-0.1, -0.05) is 30.3 Å². The molecule has 98 valence electrons. The number of carbonyl (C=O) groups is 1. The number of nitrogens with zero attached hydrogens (tertiary/aromatic N) is 1. The molecule has 0 unspecified atom stereocenters. The predicted octanol–water partition coefficient (Wildman–Crippen LogP) is 1.91. The van der Waals surface area contributed by atoms with Gasteiger partial charge in [-0.05, 0) is 18.4 Å². The number of rotatable bonds is 6. The molecule has 0 N–H and O–H groups in total. The lowest BCUT2D eigenvalue weighted by Gasteiger charge is -2.25. The highest BCUT2D eigenvalue weighted by Crippen LogP contribution is 2.06. The molecule has 1 fully saturated rings. The largest absolute Gasteiger partial charge is 0.379 e. The van der Waals surface area contributed by atoms with Crippen molar-refractivity contribution < 1.29 is 9.53 Å². The number of aryl methyl sites for hydroxylation is 1. The van der Waals surface area contributed by atoms with E-state index in [0.717, 1.165) is 39.1 Å². The molecular formula is C15H21NO2. The van der Waals surface area contributed by atoms with E-state index in [4.69, 9.17) is 4.74 Å². The third-order valence-corrected chi connectivity index (χ3v) is 3.27. The van der Waals surface area contributed by atoms with Crippen molar-refractivity contribution in [2.75, 3.05) is 32.8 Å². The third-order valence-electron chi connectivity index (χ3n) is 3.27. The number of Topliss-reactive ketones (excluding diaryl/α,β-unsaturated/α-hetero) is 1. The molecule has 1 aliphatic rings. The molecule has 0 atom stereocenters. The molecule has 1 heterocycles. The second-order valence-electron chi connectivity index (χ2n) is 4.77. The highest BCUT2D eigenvalue weighted by atomic mass is 16.5. The Labute approximate surface area is 109 Å². The molecule has 18 heavy (non-hydrogen) atoms. The van der Waals surface area contributed by atoms with Crippen molar-refractivity contribution in [1.82, 2.24) is 4.90 Å². The van der Waals surface area contributed by atoms with Crippen LogP contribution in [0, 0.1) is 0 Å². The summed E-state index contributed by atoms with van der Waals surface area (Å²) in [6.07, 6.45) is 2.63. The maximum atomic E-state index is 11.8. The van der Waals surface area contributed by atoms with Crippen LogP contribution in [0.5, 0.6) is 0 Å². The topological polar surface area (TPSA) is 29.5 Å². The molecular weight excluding hydrogens is 226 g/mol. The summed E-state index contributed by atoms with van der Waals surface area (Å²) < 4.78 is 5.27. The molecule has 0 saturated carbocycles.